The summed E-state index contributed by atoms with van der Waals surface area (Å²) in [4.78, 5) is 34.6. The first-order chi connectivity index (χ1) is 16.0. The number of ether oxygens (including phenoxy) is 1. The van der Waals surface area contributed by atoms with Gasteiger partial charge in [-0.05, 0) is 50.8 Å². The number of carbonyl (C=O) groups excluding carboxylic acids is 2. The maximum atomic E-state index is 12.8. The molecule has 1 amide bonds. The number of hydrogen-bond donors (Lipinski definition) is 1. The minimum atomic E-state index is -0.400. The van der Waals surface area contributed by atoms with Gasteiger partial charge in [-0.15, -0.1) is 0 Å². The highest BCUT2D eigenvalue weighted by atomic mass is 32.2. The van der Waals surface area contributed by atoms with Crippen LogP contribution in [-0.2, 0) is 14.3 Å². The van der Waals surface area contributed by atoms with Crippen LogP contribution in [0.25, 0.3) is 0 Å². The van der Waals surface area contributed by atoms with Crippen LogP contribution >= 0.6 is 11.8 Å². The first kappa shape index (κ1) is 23.6. The van der Waals surface area contributed by atoms with Crippen molar-refractivity contribution in [1.82, 2.24) is 15.1 Å². The van der Waals surface area contributed by atoms with Crippen LogP contribution < -0.4 is 5.32 Å². The standard InChI is InChI=1S/C25H32N4O3S/c1-17-7-9-19(10-8-17)23-22(24(31)32-3)18(2)27-25-29(23)20(16-33-25)15-21(30)26-11-14-28-12-5-4-6-13-28/h7-10,16,23H,4-6,11-15H2,1-3H3,(H,26,30)/t23-/m0/s1. The zero-order valence-corrected chi connectivity index (χ0v) is 20.4. The van der Waals surface area contributed by atoms with E-state index in [1.807, 2.05) is 48.4 Å². The van der Waals surface area contributed by atoms with Gasteiger partial charge in [0, 0.05) is 18.8 Å². The molecule has 0 bridgehead atoms. The van der Waals surface area contributed by atoms with Crippen LogP contribution in [0, 0.1) is 6.92 Å². The Morgan fingerprint density at radius 1 is 1.15 bits per heavy atom. The van der Waals surface area contributed by atoms with Gasteiger partial charge in [0.2, 0.25) is 5.91 Å². The van der Waals surface area contributed by atoms with Crippen LogP contribution in [-0.4, -0.2) is 60.1 Å². The number of benzene rings is 1. The number of fused-ring (bicyclic) bond motifs is 1. The maximum Gasteiger partial charge on any atom is 0.338 e. The fourth-order valence-electron chi connectivity index (χ4n) is 4.57. The third-order valence-corrected chi connectivity index (χ3v) is 7.23. The predicted octanol–water partition coefficient (Wildman–Crippen LogP) is 3.74. The molecule has 1 aromatic rings. The summed E-state index contributed by atoms with van der Waals surface area (Å²) in [6, 6.07) is 7.74. The van der Waals surface area contributed by atoms with E-state index in [0.29, 0.717) is 17.8 Å². The van der Waals surface area contributed by atoms with Gasteiger partial charge in [0.25, 0.3) is 0 Å². The number of likely N-dealkylation sites (tertiary alicyclic amines) is 1. The molecule has 1 saturated heterocycles. The van der Waals surface area contributed by atoms with Crippen molar-refractivity contribution in [2.24, 2.45) is 4.99 Å². The summed E-state index contributed by atoms with van der Waals surface area (Å²) in [5.74, 6) is -0.420. The molecule has 33 heavy (non-hydrogen) atoms. The number of carbonyl (C=O) groups is 2. The lowest BCUT2D eigenvalue weighted by atomic mass is 9.93. The lowest BCUT2D eigenvalue weighted by Gasteiger charge is -2.36. The van der Waals surface area contributed by atoms with E-state index in [0.717, 1.165) is 41.6 Å². The number of rotatable bonds is 7. The molecule has 1 fully saturated rings. The van der Waals surface area contributed by atoms with Crippen molar-refractivity contribution in [1.29, 1.82) is 0 Å². The number of nitrogens with zero attached hydrogens (tertiary/aromatic N) is 3. The Morgan fingerprint density at radius 3 is 2.58 bits per heavy atom. The molecule has 3 aliphatic heterocycles. The summed E-state index contributed by atoms with van der Waals surface area (Å²) in [6.07, 6.45) is 4.02. The molecule has 3 aliphatic rings. The zero-order valence-electron chi connectivity index (χ0n) is 19.6. The van der Waals surface area contributed by atoms with Gasteiger partial charge in [0.1, 0.15) is 0 Å². The van der Waals surface area contributed by atoms with E-state index in [-0.39, 0.29) is 18.4 Å². The Bertz CT molecular complexity index is 993. The molecule has 1 aromatic carbocycles. The molecule has 0 saturated carbocycles. The third-order valence-electron chi connectivity index (χ3n) is 6.34. The Labute approximate surface area is 199 Å². The lowest BCUT2D eigenvalue weighted by Crippen LogP contribution is -2.39. The average Bonchev–Trinajstić information content (AvgIpc) is 3.20. The monoisotopic (exact) mass is 468 g/mol. The Morgan fingerprint density at radius 2 is 1.88 bits per heavy atom. The van der Waals surface area contributed by atoms with E-state index in [9.17, 15) is 9.59 Å². The number of esters is 1. The molecule has 3 heterocycles. The van der Waals surface area contributed by atoms with Gasteiger partial charge < -0.3 is 19.9 Å². The molecule has 176 valence electrons. The van der Waals surface area contributed by atoms with Gasteiger partial charge in [-0.25, -0.2) is 9.79 Å². The number of piperidine rings is 1. The first-order valence-corrected chi connectivity index (χ1v) is 12.4. The van der Waals surface area contributed by atoms with Crippen LogP contribution in [0.2, 0.25) is 0 Å². The van der Waals surface area contributed by atoms with Crippen LogP contribution in [0.4, 0.5) is 0 Å². The summed E-state index contributed by atoms with van der Waals surface area (Å²) in [5.41, 5.74) is 4.10. The Hall–Kier alpha value is -2.58. The minimum absolute atomic E-state index is 0.0198. The summed E-state index contributed by atoms with van der Waals surface area (Å²) < 4.78 is 5.11. The van der Waals surface area contributed by atoms with Crippen LogP contribution in [0.1, 0.15) is 49.8 Å². The second-order valence-electron chi connectivity index (χ2n) is 8.72. The lowest BCUT2D eigenvalue weighted by molar-refractivity contribution is -0.136. The van der Waals surface area contributed by atoms with E-state index in [2.05, 4.69) is 15.2 Å². The van der Waals surface area contributed by atoms with Crippen molar-refractivity contribution in [2.45, 2.75) is 45.6 Å². The molecular formula is C25H32N4O3S. The molecule has 0 radical (unpaired) electrons. The Kier molecular flexibility index (Phi) is 7.55. The number of methoxy groups -OCH3 is 1. The fourth-order valence-corrected chi connectivity index (χ4v) is 5.53. The van der Waals surface area contributed by atoms with E-state index < -0.39 is 5.97 Å². The van der Waals surface area contributed by atoms with Crippen LogP contribution in [0.15, 0.2) is 51.6 Å². The van der Waals surface area contributed by atoms with Crippen molar-refractivity contribution in [3.8, 4) is 0 Å². The van der Waals surface area contributed by atoms with Gasteiger partial charge in [-0.2, -0.15) is 0 Å². The van der Waals surface area contributed by atoms with Crippen molar-refractivity contribution in [3.05, 3.63) is 57.8 Å². The van der Waals surface area contributed by atoms with Crippen molar-refractivity contribution in [2.75, 3.05) is 33.3 Å². The van der Waals surface area contributed by atoms with Gasteiger partial charge in [0.15, 0.2) is 5.17 Å². The molecular weight excluding hydrogens is 436 g/mol. The van der Waals surface area contributed by atoms with E-state index in [4.69, 9.17) is 4.74 Å². The van der Waals surface area contributed by atoms with Crippen molar-refractivity contribution in [3.63, 3.8) is 0 Å². The van der Waals surface area contributed by atoms with E-state index in [1.54, 1.807) is 0 Å². The molecule has 8 heteroatoms. The number of aliphatic imine (C=N–C) groups is 1. The van der Waals surface area contributed by atoms with E-state index in [1.165, 1.54) is 38.1 Å². The highest BCUT2D eigenvalue weighted by molar-refractivity contribution is 8.16. The molecule has 0 spiro atoms. The smallest absolute Gasteiger partial charge is 0.338 e. The quantitative estimate of drug-likeness (QED) is 0.615. The van der Waals surface area contributed by atoms with Crippen molar-refractivity contribution >= 4 is 28.8 Å². The molecule has 1 atom stereocenters. The largest absolute Gasteiger partial charge is 0.466 e. The van der Waals surface area contributed by atoms with Gasteiger partial charge in [-0.3, -0.25) is 4.79 Å². The number of aryl methyl sites for hydroxylation is 1. The highest BCUT2D eigenvalue weighted by Gasteiger charge is 2.40. The maximum absolute atomic E-state index is 12.8. The molecule has 4 rings (SSSR count). The average molecular weight is 469 g/mol. The third kappa shape index (κ3) is 5.33. The van der Waals surface area contributed by atoms with Crippen LogP contribution in [0.3, 0.4) is 0 Å². The van der Waals surface area contributed by atoms with Gasteiger partial charge >= 0.3 is 5.97 Å². The molecule has 1 N–H and O–H groups in total. The SMILES string of the molecule is COC(=O)C1=C(C)N=C2SC=C(CC(=O)NCCN3CCCCC3)N2[C@H]1c1ccc(C)cc1. The van der Waals surface area contributed by atoms with Gasteiger partial charge in [-0.1, -0.05) is 48.0 Å². The number of amides is 1. The molecule has 7 nitrogen and oxygen atoms in total. The molecule has 0 aliphatic carbocycles. The van der Waals surface area contributed by atoms with E-state index >= 15 is 0 Å². The fraction of sp³-hybridized carbons (Fsp3) is 0.480. The number of allylic oxidation sites excluding steroid dienone is 1. The highest BCUT2D eigenvalue weighted by Crippen LogP contribution is 2.44. The summed E-state index contributed by atoms with van der Waals surface area (Å²) in [5, 5.41) is 5.82. The van der Waals surface area contributed by atoms with Crippen molar-refractivity contribution < 1.29 is 14.3 Å². The summed E-state index contributed by atoms with van der Waals surface area (Å²) in [7, 11) is 1.39. The van der Waals surface area contributed by atoms with Crippen LogP contribution in [0.5, 0.6) is 0 Å². The first-order valence-electron chi connectivity index (χ1n) is 11.6. The number of thioether (sulfide) groups is 1. The zero-order chi connectivity index (χ0) is 23.4. The topological polar surface area (TPSA) is 74.2 Å². The molecule has 0 aromatic heterocycles. The summed E-state index contributed by atoms with van der Waals surface area (Å²) >= 11 is 1.49. The molecule has 0 unspecified atom stereocenters. The van der Waals surface area contributed by atoms with Gasteiger partial charge in [0.05, 0.1) is 30.8 Å². The second kappa shape index (κ2) is 10.6. The second-order valence-corrected chi connectivity index (χ2v) is 9.56. The minimum Gasteiger partial charge on any atom is -0.466 e. The number of amidine groups is 1. The predicted molar refractivity (Wildman–Crippen MR) is 132 cm³/mol. The summed E-state index contributed by atoms with van der Waals surface area (Å²) in [6.45, 7) is 7.64. The Balaban J connectivity index is 1.50. The normalized spacial score (nSPS) is 20.8. The number of hydrogen-bond acceptors (Lipinski definition) is 7. The number of nitrogens with one attached hydrogen (secondary N) is 1.